The Hall–Kier alpha value is -2.80. The first kappa shape index (κ1) is 32.7. The molecule has 0 bridgehead atoms. The molecule has 0 aromatic heterocycles. The predicted octanol–water partition coefficient (Wildman–Crippen LogP) is 2.75. The number of amides is 3. The molecule has 2 aliphatic heterocycles. The molecule has 1 saturated carbocycles. The second-order valence-corrected chi connectivity index (χ2v) is 11.2. The molecule has 226 valence electrons. The van der Waals surface area contributed by atoms with Gasteiger partial charge in [0.15, 0.2) is 0 Å². The van der Waals surface area contributed by atoms with Gasteiger partial charge in [-0.25, -0.2) is 0 Å². The highest BCUT2D eigenvalue weighted by atomic mass is 35.5. The molecule has 3 fully saturated rings. The van der Waals surface area contributed by atoms with Crippen molar-refractivity contribution in [1.82, 2.24) is 20.4 Å². The van der Waals surface area contributed by atoms with Crippen molar-refractivity contribution in [3.8, 4) is 17.6 Å². The van der Waals surface area contributed by atoms with E-state index < -0.39 is 17.7 Å². The lowest BCUT2D eigenvalue weighted by molar-refractivity contribution is -0.165. The van der Waals surface area contributed by atoms with Gasteiger partial charge >= 0.3 is 0 Å². The number of benzene rings is 1. The van der Waals surface area contributed by atoms with E-state index in [-0.39, 0.29) is 42.7 Å². The average molecular weight is 589 g/mol. The van der Waals surface area contributed by atoms with Crippen LogP contribution >= 0.6 is 12.4 Å². The van der Waals surface area contributed by atoms with E-state index in [2.05, 4.69) is 34.3 Å². The van der Waals surface area contributed by atoms with Gasteiger partial charge in [-0.05, 0) is 62.3 Å². The third kappa shape index (κ3) is 7.73. The lowest BCUT2D eigenvalue weighted by Crippen LogP contribution is -2.75. The van der Waals surface area contributed by atoms with Crippen LogP contribution in [0.25, 0.3) is 0 Å². The SMILES string of the molecule is CCCCN1C(=O)[C@@H]([C@H](O)C2CCCCC2)NC(=O)C12CCN(CC#CCOc1ccc(C(=O)NC)cc1)CC2.Cl. The van der Waals surface area contributed by atoms with Crippen LogP contribution in [0.5, 0.6) is 5.75 Å². The third-order valence-corrected chi connectivity index (χ3v) is 8.73. The van der Waals surface area contributed by atoms with E-state index in [4.69, 9.17) is 4.74 Å². The van der Waals surface area contributed by atoms with E-state index in [1.54, 1.807) is 36.2 Å². The Morgan fingerprint density at radius 2 is 1.83 bits per heavy atom. The third-order valence-electron chi connectivity index (χ3n) is 8.73. The first-order valence-electron chi connectivity index (χ1n) is 14.8. The number of rotatable bonds is 9. The van der Waals surface area contributed by atoms with Crippen molar-refractivity contribution in [3.63, 3.8) is 0 Å². The van der Waals surface area contributed by atoms with Crippen molar-refractivity contribution >= 4 is 30.1 Å². The zero-order chi connectivity index (χ0) is 28.5. The van der Waals surface area contributed by atoms with Crippen LogP contribution in [0.15, 0.2) is 24.3 Å². The number of hydrogen-bond acceptors (Lipinski definition) is 6. The predicted molar refractivity (Wildman–Crippen MR) is 160 cm³/mol. The number of carbonyl (C=O) groups is 3. The number of halogens is 1. The van der Waals surface area contributed by atoms with E-state index >= 15 is 0 Å². The van der Waals surface area contributed by atoms with Gasteiger partial charge in [-0.2, -0.15) is 0 Å². The molecule has 1 aromatic carbocycles. The number of likely N-dealkylation sites (tertiary alicyclic amines) is 1. The standard InChI is InChI=1S/C31H44N4O5.ClH/c1-3-4-19-35-29(38)26(27(36)23-10-6-5-7-11-23)33-30(39)31(35)16-20-34(21-17-31)18-8-9-22-40-25-14-12-24(13-15-25)28(37)32-2;/h12-15,23,26-27,36H,3-7,10-11,16-22H2,1-2H3,(H,32,37)(H,33,39);1H/t26-,27-;/m1./s1. The van der Waals surface area contributed by atoms with Gasteiger partial charge in [-0.1, -0.05) is 44.4 Å². The first-order chi connectivity index (χ1) is 19.4. The number of aliphatic hydroxyl groups excluding tert-OH is 1. The molecule has 3 aliphatic rings. The molecular formula is C31H45ClN4O5. The summed E-state index contributed by atoms with van der Waals surface area (Å²) in [6.07, 6.45) is 7.15. The molecule has 3 N–H and O–H groups in total. The number of unbranched alkanes of at least 4 members (excludes halogenated alkanes) is 1. The molecule has 0 radical (unpaired) electrons. The summed E-state index contributed by atoms with van der Waals surface area (Å²) in [6.45, 7) is 4.75. The smallest absolute Gasteiger partial charge is 0.251 e. The topological polar surface area (TPSA) is 111 Å². The van der Waals surface area contributed by atoms with Gasteiger partial charge in [0, 0.05) is 32.2 Å². The van der Waals surface area contributed by atoms with Crippen LogP contribution < -0.4 is 15.4 Å². The molecule has 1 spiro atoms. The molecule has 3 amide bonds. The van der Waals surface area contributed by atoms with E-state index in [9.17, 15) is 19.5 Å². The molecule has 0 unspecified atom stereocenters. The molecule has 41 heavy (non-hydrogen) atoms. The summed E-state index contributed by atoms with van der Waals surface area (Å²) in [5.74, 6) is 6.51. The molecule has 2 saturated heterocycles. The largest absolute Gasteiger partial charge is 0.481 e. The quantitative estimate of drug-likeness (QED) is 0.383. The summed E-state index contributed by atoms with van der Waals surface area (Å²) >= 11 is 0. The number of piperidine rings is 1. The summed E-state index contributed by atoms with van der Waals surface area (Å²) in [5, 5.41) is 16.7. The molecule has 1 aromatic rings. The second-order valence-electron chi connectivity index (χ2n) is 11.2. The van der Waals surface area contributed by atoms with Crippen LogP contribution in [0.2, 0.25) is 0 Å². The molecule has 2 atom stereocenters. The number of carbonyl (C=O) groups excluding carboxylic acids is 3. The maximum Gasteiger partial charge on any atom is 0.251 e. The van der Waals surface area contributed by atoms with Crippen LogP contribution in [0.3, 0.4) is 0 Å². The maximum absolute atomic E-state index is 13.7. The Bertz CT molecular complexity index is 1090. The van der Waals surface area contributed by atoms with Crippen LogP contribution in [-0.2, 0) is 9.59 Å². The van der Waals surface area contributed by atoms with Crippen molar-refractivity contribution in [1.29, 1.82) is 0 Å². The van der Waals surface area contributed by atoms with Crippen LogP contribution in [0, 0.1) is 17.8 Å². The Balaban J connectivity index is 0.00000462. The van der Waals surface area contributed by atoms with E-state index in [1.807, 2.05) is 0 Å². The Morgan fingerprint density at radius 3 is 2.46 bits per heavy atom. The minimum Gasteiger partial charge on any atom is -0.481 e. The number of aliphatic hydroxyl groups is 1. The summed E-state index contributed by atoms with van der Waals surface area (Å²) in [5.41, 5.74) is -0.288. The molecule has 9 nitrogen and oxygen atoms in total. The minimum absolute atomic E-state index is 0. The summed E-state index contributed by atoms with van der Waals surface area (Å²) in [4.78, 5) is 43.0. The fourth-order valence-electron chi connectivity index (χ4n) is 6.22. The van der Waals surface area contributed by atoms with Gasteiger partial charge in [-0.15, -0.1) is 12.4 Å². The number of hydrogen-bond donors (Lipinski definition) is 3. The van der Waals surface area contributed by atoms with Gasteiger partial charge in [0.1, 0.15) is 23.9 Å². The zero-order valence-electron chi connectivity index (χ0n) is 24.3. The normalized spacial score (nSPS) is 21.7. The van der Waals surface area contributed by atoms with Crippen LogP contribution in [0.1, 0.15) is 75.1 Å². The second kappa shape index (κ2) is 15.4. The summed E-state index contributed by atoms with van der Waals surface area (Å²) in [6, 6.07) is 6.06. The molecular weight excluding hydrogens is 544 g/mol. The average Bonchev–Trinajstić information content (AvgIpc) is 2.99. The van der Waals surface area contributed by atoms with Gasteiger partial charge in [0.25, 0.3) is 5.91 Å². The molecule has 2 heterocycles. The van der Waals surface area contributed by atoms with Gasteiger partial charge in [0.05, 0.1) is 12.6 Å². The molecule has 10 heteroatoms. The van der Waals surface area contributed by atoms with Crippen LogP contribution in [0.4, 0.5) is 0 Å². The highest BCUT2D eigenvalue weighted by molar-refractivity contribution is 6.00. The fourth-order valence-corrected chi connectivity index (χ4v) is 6.22. The van der Waals surface area contributed by atoms with Crippen molar-refractivity contribution in [2.45, 2.75) is 82.4 Å². The monoisotopic (exact) mass is 588 g/mol. The fraction of sp³-hybridized carbons (Fsp3) is 0.645. The number of nitrogens with zero attached hydrogens (tertiary/aromatic N) is 2. The van der Waals surface area contributed by atoms with Crippen LogP contribution in [-0.4, -0.2) is 90.1 Å². The van der Waals surface area contributed by atoms with Crippen molar-refractivity contribution in [3.05, 3.63) is 29.8 Å². The highest BCUT2D eigenvalue weighted by Gasteiger charge is 2.55. The van der Waals surface area contributed by atoms with Gasteiger partial charge in [0.2, 0.25) is 11.8 Å². The Kier molecular flexibility index (Phi) is 12.3. The Morgan fingerprint density at radius 1 is 1.15 bits per heavy atom. The van der Waals surface area contributed by atoms with Gasteiger partial charge < -0.3 is 25.4 Å². The van der Waals surface area contributed by atoms with E-state index in [0.29, 0.717) is 50.3 Å². The minimum atomic E-state index is -0.858. The zero-order valence-corrected chi connectivity index (χ0v) is 25.1. The van der Waals surface area contributed by atoms with Crippen molar-refractivity contribution in [2.24, 2.45) is 5.92 Å². The highest BCUT2D eigenvalue weighted by Crippen LogP contribution is 2.36. The lowest BCUT2D eigenvalue weighted by atomic mass is 9.78. The van der Waals surface area contributed by atoms with Crippen molar-refractivity contribution < 1.29 is 24.2 Å². The maximum atomic E-state index is 13.7. The van der Waals surface area contributed by atoms with Crippen molar-refractivity contribution in [2.75, 3.05) is 39.8 Å². The number of ether oxygens (including phenoxy) is 1. The summed E-state index contributed by atoms with van der Waals surface area (Å²) < 4.78 is 5.66. The molecule has 4 rings (SSSR count). The number of piperazine rings is 1. The first-order valence-corrected chi connectivity index (χ1v) is 14.8. The lowest BCUT2D eigenvalue weighted by Gasteiger charge is -2.52. The van der Waals surface area contributed by atoms with Gasteiger partial charge in [-0.3, -0.25) is 19.3 Å². The van der Waals surface area contributed by atoms with E-state index in [0.717, 1.165) is 38.5 Å². The number of nitrogens with one attached hydrogen (secondary N) is 2. The van der Waals surface area contributed by atoms with E-state index in [1.165, 1.54) is 6.42 Å². The molecule has 1 aliphatic carbocycles. The summed E-state index contributed by atoms with van der Waals surface area (Å²) in [7, 11) is 1.59. The Labute approximate surface area is 250 Å².